The largest absolute Gasteiger partial charge is 0.491 e. The Morgan fingerprint density at radius 2 is 2.14 bits per heavy atom. The molecule has 1 aromatic heterocycles. The van der Waals surface area contributed by atoms with Crippen molar-refractivity contribution < 1.29 is 17.9 Å². The SMILES string of the molecule is FC(F)(F)CCOc1cnnc(Cl)c1. The molecule has 0 atom stereocenters. The van der Waals surface area contributed by atoms with Gasteiger partial charge in [0.05, 0.1) is 19.2 Å². The molecule has 0 aliphatic carbocycles. The molecule has 0 N–H and O–H groups in total. The minimum Gasteiger partial charge on any atom is -0.491 e. The van der Waals surface area contributed by atoms with Crippen LogP contribution in [0.4, 0.5) is 13.2 Å². The van der Waals surface area contributed by atoms with E-state index in [9.17, 15) is 13.2 Å². The summed E-state index contributed by atoms with van der Waals surface area (Å²) >= 11 is 5.44. The first-order chi connectivity index (χ1) is 6.47. The lowest BCUT2D eigenvalue weighted by molar-refractivity contribution is -0.139. The van der Waals surface area contributed by atoms with Crippen molar-refractivity contribution in [2.24, 2.45) is 0 Å². The molecule has 0 unspecified atom stereocenters. The highest BCUT2D eigenvalue weighted by molar-refractivity contribution is 6.29. The third-order valence-electron chi connectivity index (χ3n) is 1.25. The molecule has 0 aliphatic heterocycles. The Labute approximate surface area is 82.8 Å². The van der Waals surface area contributed by atoms with Crippen LogP contribution < -0.4 is 4.74 Å². The summed E-state index contributed by atoms with van der Waals surface area (Å²) in [6.07, 6.45) is -4.03. The van der Waals surface area contributed by atoms with Crippen LogP contribution in [0.3, 0.4) is 0 Å². The number of hydrogen-bond donors (Lipinski definition) is 0. The zero-order valence-corrected chi connectivity index (χ0v) is 7.64. The fraction of sp³-hybridized carbons (Fsp3) is 0.429. The van der Waals surface area contributed by atoms with Crippen LogP contribution in [0.25, 0.3) is 0 Å². The molecule has 0 bridgehead atoms. The van der Waals surface area contributed by atoms with Gasteiger partial charge in [0.1, 0.15) is 5.75 Å². The Balaban J connectivity index is 2.39. The van der Waals surface area contributed by atoms with Crippen molar-refractivity contribution >= 4 is 11.6 Å². The fourth-order valence-corrected chi connectivity index (χ4v) is 0.839. The molecule has 7 heteroatoms. The summed E-state index contributed by atoms with van der Waals surface area (Å²) in [5.74, 6) is 0.175. The second-order valence-electron chi connectivity index (χ2n) is 2.43. The highest BCUT2D eigenvalue weighted by atomic mass is 35.5. The molecule has 0 saturated heterocycles. The molecule has 0 amide bonds. The second-order valence-corrected chi connectivity index (χ2v) is 2.81. The molecule has 0 aromatic carbocycles. The van der Waals surface area contributed by atoms with Gasteiger partial charge in [0.15, 0.2) is 5.15 Å². The van der Waals surface area contributed by atoms with Crippen molar-refractivity contribution in [2.45, 2.75) is 12.6 Å². The third-order valence-corrected chi connectivity index (χ3v) is 1.44. The Kier molecular flexibility index (Phi) is 3.51. The smallest absolute Gasteiger partial charge is 0.392 e. The van der Waals surface area contributed by atoms with E-state index in [4.69, 9.17) is 16.3 Å². The van der Waals surface area contributed by atoms with Crippen molar-refractivity contribution in [1.29, 1.82) is 0 Å². The maximum Gasteiger partial charge on any atom is 0.392 e. The van der Waals surface area contributed by atoms with Crippen molar-refractivity contribution in [3.8, 4) is 5.75 Å². The van der Waals surface area contributed by atoms with E-state index >= 15 is 0 Å². The van der Waals surface area contributed by atoms with Gasteiger partial charge in [0.2, 0.25) is 0 Å². The molecule has 0 spiro atoms. The Morgan fingerprint density at radius 3 is 2.71 bits per heavy atom. The first-order valence-electron chi connectivity index (χ1n) is 3.65. The van der Waals surface area contributed by atoms with Crippen molar-refractivity contribution in [1.82, 2.24) is 10.2 Å². The number of nitrogens with zero attached hydrogens (tertiary/aromatic N) is 2. The van der Waals surface area contributed by atoms with Crippen LogP contribution in [0, 0.1) is 0 Å². The maximum absolute atomic E-state index is 11.7. The Hall–Kier alpha value is -1.04. The lowest BCUT2D eigenvalue weighted by Gasteiger charge is -2.07. The lowest BCUT2D eigenvalue weighted by atomic mass is 10.4. The van der Waals surface area contributed by atoms with E-state index < -0.39 is 19.2 Å². The summed E-state index contributed by atoms with van der Waals surface area (Å²) in [6.45, 7) is -0.453. The molecule has 1 heterocycles. The molecule has 0 radical (unpaired) electrons. The fourth-order valence-electron chi connectivity index (χ4n) is 0.688. The molecule has 0 saturated carbocycles. The molecule has 1 rings (SSSR count). The van der Waals surface area contributed by atoms with Gasteiger partial charge in [0.25, 0.3) is 0 Å². The van der Waals surface area contributed by atoms with Crippen LogP contribution in [0.5, 0.6) is 5.75 Å². The van der Waals surface area contributed by atoms with Gasteiger partial charge in [0, 0.05) is 6.07 Å². The van der Waals surface area contributed by atoms with E-state index in [1.807, 2.05) is 0 Å². The molecule has 1 aromatic rings. The van der Waals surface area contributed by atoms with E-state index in [1.165, 1.54) is 12.3 Å². The normalized spacial score (nSPS) is 11.4. The minimum absolute atomic E-state index is 0.0782. The number of ether oxygens (including phenoxy) is 1. The minimum atomic E-state index is -4.22. The number of aromatic nitrogens is 2. The first kappa shape index (κ1) is 11.0. The highest BCUT2D eigenvalue weighted by Gasteiger charge is 2.26. The van der Waals surface area contributed by atoms with Crippen molar-refractivity contribution in [3.63, 3.8) is 0 Å². The third kappa shape index (κ3) is 4.27. The van der Waals surface area contributed by atoms with E-state index in [0.29, 0.717) is 0 Å². The van der Waals surface area contributed by atoms with Crippen LogP contribution in [0.1, 0.15) is 6.42 Å². The van der Waals surface area contributed by atoms with Crippen molar-refractivity contribution in [2.75, 3.05) is 6.61 Å². The van der Waals surface area contributed by atoms with Crippen LogP contribution in [-0.2, 0) is 0 Å². The zero-order valence-electron chi connectivity index (χ0n) is 6.88. The lowest BCUT2D eigenvalue weighted by Crippen LogP contribution is -2.13. The number of rotatable bonds is 3. The van der Waals surface area contributed by atoms with Gasteiger partial charge in [-0.05, 0) is 0 Å². The second kappa shape index (κ2) is 4.45. The van der Waals surface area contributed by atoms with Crippen LogP contribution in [0.2, 0.25) is 5.15 Å². The summed E-state index contributed by atoms with van der Waals surface area (Å²) in [5.41, 5.74) is 0. The number of alkyl halides is 3. The number of halogens is 4. The molecule has 78 valence electrons. The van der Waals surface area contributed by atoms with Gasteiger partial charge in [-0.1, -0.05) is 11.6 Å². The van der Waals surface area contributed by atoms with E-state index in [2.05, 4.69) is 10.2 Å². The monoisotopic (exact) mass is 226 g/mol. The van der Waals surface area contributed by atoms with Crippen molar-refractivity contribution in [3.05, 3.63) is 17.4 Å². The van der Waals surface area contributed by atoms with Gasteiger partial charge >= 0.3 is 6.18 Å². The number of hydrogen-bond acceptors (Lipinski definition) is 3. The van der Waals surface area contributed by atoms with Gasteiger partial charge in [-0.3, -0.25) is 0 Å². The molecular weight excluding hydrogens is 221 g/mol. The van der Waals surface area contributed by atoms with Gasteiger partial charge in [-0.2, -0.15) is 18.3 Å². The highest BCUT2D eigenvalue weighted by Crippen LogP contribution is 2.20. The van der Waals surface area contributed by atoms with E-state index in [-0.39, 0.29) is 10.9 Å². The standard InChI is InChI=1S/C7H6ClF3N2O/c8-6-3-5(4-12-13-6)14-2-1-7(9,10)11/h3-4H,1-2H2. The summed E-state index contributed by atoms with van der Waals surface area (Å²) in [6, 6.07) is 1.30. The summed E-state index contributed by atoms with van der Waals surface area (Å²) in [5, 5.41) is 6.90. The molecule has 14 heavy (non-hydrogen) atoms. The van der Waals surface area contributed by atoms with Gasteiger partial charge < -0.3 is 4.74 Å². The van der Waals surface area contributed by atoms with Gasteiger partial charge in [-0.15, -0.1) is 5.10 Å². The average molecular weight is 227 g/mol. The summed E-state index contributed by atoms with van der Waals surface area (Å²) in [4.78, 5) is 0. The molecule has 3 nitrogen and oxygen atoms in total. The van der Waals surface area contributed by atoms with Crippen LogP contribution in [0.15, 0.2) is 12.3 Å². The molecular formula is C7H6ClF3N2O. The predicted octanol–water partition coefficient (Wildman–Crippen LogP) is 2.46. The van der Waals surface area contributed by atoms with Crippen LogP contribution >= 0.6 is 11.6 Å². The van der Waals surface area contributed by atoms with E-state index in [0.717, 1.165) is 0 Å². The maximum atomic E-state index is 11.7. The van der Waals surface area contributed by atoms with Gasteiger partial charge in [-0.25, -0.2) is 0 Å². The first-order valence-corrected chi connectivity index (χ1v) is 4.03. The van der Waals surface area contributed by atoms with E-state index in [1.54, 1.807) is 0 Å². The van der Waals surface area contributed by atoms with Crippen LogP contribution in [-0.4, -0.2) is 23.0 Å². The quantitative estimate of drug-likeness (QED) is 0.794. The molecule has 0 fully saturated rings. The summed E-state index contributed by atoms with van der Waals surface area (Å²) < 4.78 is 39.9. The zero-order chi connectivity index (χ0) is 10.6. The Bertz CT molecular complexity index is 305. The Morgan fingerprint density at radius 1 is 1.43 bits per heavy atom. The average Bonchev–Trinajstić information content (AvgIpc) is 2.01. The molecule has 0 aliphatic rings. The summed E-state index contributed by atoms with van der Waals surface area (Å²) in [7, 11) is 0. The predicted molar refractivity (Wildman–Crippen MR) is 43.2 cm³/mol. The topological polar surface area (TPSA) is 35.0 Å².